The molecule has 2 bridgehead atoms. The number of nitrogens with zero attached hydrogens (tertiary/aromatic N) is 5. The minimum atomic E-state index is -0.0847. The van der Waals surface area contributed by atoms with Crippen molar-refractivity contribution in [2.24, 2.45) is 5.41 Å². The fourth-order valence-electron chi connectivity index (χ4n) is 5.40. The molecule has 8 nitrogen and oxygen atoms in total. The minimum Gasteiger partial charge on any atom is -0.383 e. The average molecular weight is 449 g/mol. The van der Waals surface area contributed by atoms with Gasteiger partial charge in [0.1, 0.15) is 0 Å². The van der Waals surface area contributed by atoms with Gasteiger partial charge in [0.25, 0.3) is 5.89 Å². The third-order valence-electron chi connectivity index (χ3n) is 7.99. The van der Waals surface area contributed by atoms with Gasteiger partial charge in [0.05, 0.1) is 11.3 Å². The fourth-order valence-corrected chi connectivity index (χ4v) is 5.40. The highest BCUT2D eigenvalue weighted by Crippen LogP contribution is 2.57. The van der Waals surface area contributed by atoms with E-state index in [1.54, 1.807) is 6.20 Å². The molecule has 7 rings (SSSR count). The molecule has 0 aromatic carbocycles. The van der Waals surface area contributed by atoms with Crippen LogP contribution in [-0.4, -0.2) is 31.8 Å². The first-order valence-electron chi connectivity index (χ1n) is 12.2. The summed E-state index contributed by atoms with van der Waals surface area (Å²) >= 11 is 0. The summed E-state index contributed by atoms with van der Waals surface area (Å²) in [6, 6.07) is 2.07. The lowest BCUT2D eigenvalue weighted by molar-refractivity contribution is 0.0322. The Hall–Kier alpha value is -2.77. The molecule has 3 heterocycles. The summed E-state index contributed by atoms with van der Waals surface area (Å²) in [7, 11) is 0. The second kappa shape index (κ2) is 7.37. The van der Waals surface area contributed by atoms with Gasteiger partial charge in [0.15, 0.2) is 11.6 Å². The molecule has 0 saturated heterocycles. The lowest BCUT2D eigenvalue weighted by atomic mass is 9.53. The van der Waals surface area contributed by atoms with Gasteiger partial charge in [-0.1, -0.05) is 31.1 Å². The van der Waals surface area contributed by atoms with Crippen LogP contribution in [0.2, 0.25) is 0 Å². The van der Waals surface area contributed by atoms with E-state index in [-0.39, 0.29) is 10.8 Å². The first kappa shape index (κ1) is 20.8. The molecule has 0 unspecified atom stereocenters. The SMILES string of the molecule is CC(C)(C)c1noc(C23CCC(CNc4cncc(-c5nc(C6CC6)no5)c4)(CC2)CC3)n1. The molecule has 0 radical (unpaired) electrons. The molecule has 4 aliphatic rings. The quantitative estimate of drug-likeness (QED) is 0.535. The van der Waals surface area contributed by atoms with Crippen molar-refractivity contribution in [3.63, 3.8) is 0 Å². The Balaban J connectivity index is 1.11. The zero-order valence-corrected chi connectivity index (χ0v) is 19.7. The van der Waals surface area contributed by atoms with Crippen LogP contribution >= 0.6 is 0 Å². The Labute approximate surface area is 194 Å². The molecule has 33 heavy (non-hydrogen) atoms. The first-order valence-corrected chi connectivity index (χ1v) is 12.2. The van der Waals surface area contributed by atoms with Crippen LogP contribution in [0, 0.1) is 5.41 Å². The lowest BCUT2D eigenvalue weighted by Gasteiger charge is -2.52. The Morgan fingerprint density at radius 3 is 2.39 bits per heavy atom. The van der Waals surface area contributed by atoms with E-state index in [4.69, 9.17) is 14.0 Å². The molecule has 1 N–H and O–H groups in total. The van der Waals surface area contributed by atoms with Gasteiger partial charge in [-0.15, -0.1) is 0 Å². The van der Waals surface area contributed by atoms with Crippen LogP contribution in [0.1, 0.15) is 95.6 Å². The molecule has 3 aromatic heterocycles. The van der Waals surface area contributed by atoms with Crippen LogP contribution in [0.25, 0.3) is 11.5 Å². The highest BCUT2D eigenvalue weighted by atomic mass is 16.5. The second-order valence-electron chi connectivity index (χ2n) is 11.5. The van der Waals surface area contributed by atoms with E-state index in [0.717, 1.165) is 67.4 Å². The van der Waals surface area contributed by atoms with Gasteiger partial charge < -0.3 is 14.4 Å². The summed E-state index contributed by atoms with van der Waals surface area (Å²) in [6.45, 7) is 7.34. The third-order valence-corrected chi connectivity index (χ3v) is 7.99. The maximum atomic E-state index is 5.78. The highest BCUT2D eigenvalue weighted by molar-refractivity contribution is 5.59. The molecule has 3 aromatic rings. The predicted octanol–water partition coefficient (Wildman–Crippen LogP) is 5.39. The van der Waals surface area contributed by atoms with Crippen molar-refractivity contribution < 1.29 is 9.05 Å². The molecule has 4 fully saturated rings. The maximum Gasteiger partial charge on any atom is 0.259 e. The molecule has 174 valence electrons. The predicted molar refractivity (Wildman–Crippen MR) is 123 cm³/mol. The molecule has 0 atom stereocenters. The normalized spacial score (nSPS) is 27.1. The number of aromatic nitrogens is 5. The molecule has 0 spiro atoms. The standard InChI is InChI=1S/C25H32N6O2/c1-23(2,3)21-29-22(33-31-21)25-9-6-24(7-10-25,8-11-25)15-27-18-12-17(13-26-14-18)20-28-19(30-32-20)16-4-5-16/h12-14,16,27H,4-11,15H2,1-3H3. The topological polar surface area (TPSA) is 103 Å². The number of pyridine rings is 1. The van der Waals surface area contributed by atoms with E-state index in [1.165, 1.54) is 19.3 Å². The average Bonchev–Trinajstić information content (AvgIpc) is 3.33. The minimum absolute atomic E-state index is 0.0664. The summed E-state index contributed by atoms with van der Waals surface area (Å²) < 4.78 is 11.3. The molecular weight excluding hydrogens is 416 g/mol. The number of hydrogen-bond donors (Lipinski definition) is 1. The van der Waals surface area contributed by atoms with Crippen molar-refractivity contribution in [3.05, 3.63) is 36.0 Å². The molecular formula is C25H32N6O2. The fraction of sp³-hybridized carbons (Fsp3) is 0.640. The lowest BCUT2D eigenvalue weighted by Crippen LogP contribution is -2.47. The van der Waals surface area contributed by atoms with Crippen LogP contribution in [0.4, 0.5) is 5.69 Å². The Morgan fingerprint density at radius 1 is 0.970 bits per heavy atom. The van der Waals surface area contributed by atoms with Crippen molar-refractivity contribution in [2.75, 3.05) is 11.9 Å². The number of nitrogens with one attached hydrogen (secondary N) is 1. The van der Waals surface area contributed by atoms with Gasteiger partial charge in [0, 0.05) is 35.7 Å². The van der Waals surface area contributed by atoms with E-state index in [1.807, 2.05) is 6.20 Å². The summed E-state index contributed by atoms with van der Waals surface area (Å²) in [6.07, 6.45) is 12.9. The number of hydrogen-bond acceptors (Lipinski definition) is 8. The van der Waals surface area contributed by atoms with E-state index in [2.05, 4.69) is 52.4 Å². The number of fused-ring (bicyclic) bond motifs is 3. The van der Waals surface area contributed by atoms with Gasteiger partial charge in [-0.3, -0.25) is 4.98 Å². The van der Waals surface area contributed by atoms with E-state index >= 15 is 0 Å². The van der Waals surface area contributed by atoms with Crippen LogP contribution in [0.5, 0.6) is 0 Å². The van der Waals surface area contributed by atoms with Crippen LogP contribution in [0.3, 0.4) is 0 Å². The Kier molecular flexibility index (Phi) is 4.65. The zero-order chi connectivity index (χ0) is 22.7. The van der Waals surface area contributed by atoms with Crippen molar-refractivity contribution in [1.82, 2.24) is 25.3 Å². The molecule has 8 heteroatoms. The molecule has 0 aliphatic heterocycles. The highest BCUT2D eigenvalue weighted by Gasteiger charge is 2.52. The molecule has 0 amide bonds. The van der Waals surface area contributed by atoms with E-state index < -0.39 is 0 Å². The van der Waals surface area contributed by atoms with E-state index in [9.17, 15) is 0 Å². The van der Waals surface area contributed by atoms with Gasteiger partial charge in [0.2, 0.25) is 5.89 Å². The second-order valence-corrected chi connectivity index (χ2v) is 11.5. The van der Waals surface area contributed by atoms with Crippen molar-refractivity contribution >= 4 is 5.69 Å². The van der Waals surface area contributed by atoms with Crippen LogP contribution in [0.15, 0.2) is 27.5 Å². The van der Waals surface area contributed by atoms with Gasteiger partial charge in [-0.25, -0.2) is 0 Å². The number of anilines is 1. The largest absolute Gasteiger partial charge is 0.383 e. The van der Waals surface area contributed by atoms with Crippen molar-refractivity contribution in [2.45, 2.75) is 88.9 Å². The van der Waals surface area contributed by atoms with Gasteiger partial charge in [-0.05, 0) is 62.8 Å². The van der Waals surface area contributed by atoms with Gasteiger partial charge >= 0.3 is 0 Å². The maximum absolute atomic E-state index is 5.78. The van der Waals surface area contributed by atoms with Gasteiger partial charge in [-0.2, -0.15) is 9.97 Å². The third kappa shape index (κ3) is 3.83. The van der Waals surface area contributed by atoms with Crippen LogP contribution < -0.4 is 5.32 Å². The number of rotatable bonds is 6. The monoisotopic (exact) mass is 448 g/mol. The first-order chi connectivity index (χ1) is 15.8. The summed E-state index contributed by atoms with van der Waals surface area (Å²) in [5.74, 6) is 3.53. The summed E-state index contributed by atoms with van der Waals surface area (Å²) in [5.41, 5.74) is 2.17. The van der Waals surface area contributed by atoms with Crippen molar-refractivity contribution in [3.8, 4) is 11.5 Å². The molecule has 4 aliphatic carbocycles. The van der Waals surface area contributed by atoms with Crippen molar-refractivity contribution in [1.29, 1.82) is 0 Å². The van der Waals surface area contributed by atoms with E-state index in [0.29, 0.717) is 17.2 Å². The Bertz CT molecular complexity index is 1130. The zero-order valence-electron chi connectivity index (χ0n) is 19.7. The molecule has 4 saturated carbocycles. The summed E-state index contributed by atoms with van der Waals surface area (Å²) in [4.78, 5) is 13.8. The summed E-state index contributed by atoms with van der Waals surface area (Å²) in [5, 5.41) is 12.1. The Morgan fingerprint density at radius 2 is 1.73 bits per heavy atom. The van der Waals surface area contributed by atoms with Crippen LogP contribution in [-0.2, 0) is 10.8 Å². The smallest absolute Gasteiger partial charge is 0.259 e.